The van der Waals surface area contributed by atoms with E-state index in [4.69, 9.17) is 0 Å². The van der Waals surface area contributed by atoms with Crippen molar-refractivity contribution in [3.63, 3.8) is 0 Å². The summed E-state index contributed by atoms with van der Waals surface area (Å²) in [7, 11) is -3.68. The van der Waals surface area contributed by atoms with Gasteiger partial charge in [0.25, 0.3) is 11.0 Å². The largest absolute Gasteiger partial charge is 0.345 e. The van der Waals surface area contributed by atoms with Crippen LogP contribution in [0.2, 0.25) is 0 Å². The second-order valence-corrected chi connectivity index (χ2v) is 18.2. The molecule has 5 atom stereocenters. The van der Waals surface area contributed by atoms with Crippen molar-refractivity contribution in [2.24, 2.45) is 23.2 Å². The number of nitrogens with one attached hydrogen (secondary N) is 4. The predicted octanol–water partition coefficient (Wildman–Crippen LogP) is 3.14. The normalized spacial score (nSPS) is 24.7. The number of likely N-dealkylation sites (tertiary alicyclic amines) is 1. The van der Waals surface area contributed by atoms with E-state index in [1.54, 1.807) is 16.3 Å². The molecular formula is C33H48N6O7S3. The van der Waals surface area contributed by atoms with Crippen LogP contribution in [0.5, 0.6) is 0 Å². The highest BCUT2D eigenvalue weighted by Gasteiger charge is 2.51. The van der Waals surface area contributed by atoms with Gasteiger partial charge in [0.15, 0.2) is 0 Å². The minimum atomic E-state index is -3.68. The summed E-state index contributed by atoms with van der Waals surface area (Å²) in [6.07, 6.45) is 8.36. The van der Waals surface area contributed by atoms with Gasteiger partial charge >= 0.3 is 11.9 Å². The molecule has 3 fully saturated rings. The summed E-state index contributed by atoms with van der Waals surface area (Å²) < 4.78 is 30.4. The zero-order valence-electron chi connectivity index (χ0n) is 28.4. The third-order valence-corrected chi connectivity index (χ3v) is 13.9. The van der Waals surface area contributed by atoms with Gasteiger partial charge in [-0.15, -0.1) is 17.9 Å². The molecule has 49 heavy (non-hydrogen) atoms. The Kier molecular flexibility index (Phi) is 11.8. The SMILES string of the molecule is C=CCNC(=O)C(=O)SNC(=O)[C@@H]1[C@H]2CCC[C@H]2CN1C(=O)[C@@H](NC(=O)N[C@H](CN1Cc2sccc2S1(=O)=O)C(C)(C)C)C1CCCCC1. The lowest BCUT2D eigenvalue weighted by Crippen LogP contribution is -2.60. The molecule has 270 valence electrons. The molecule has 0 radical (unpaired) electrons. The van der Waals surface area contributed by atoms with E-state index in [2.05, 4.69) is 27.3 Å². The van der Waals surface area contributed by atoms with Crippen LogP contribution in [0.15, 0.2) is 29.0 Å². The van der Waals surface area contributed by atoms with E-state index in [1.807, 2.05) is 20.8 Å². The van der Waals surface area contributed by atoms with Gasteiger partial charge in [0, 0.05) is 49.0 Å². The van der Waals surface area contributed by atoms with Crippen molar-refractivity contribution < 1.29 is 32.4 Å². The minimum Gasteiger partial charge on any atom is -0.345 e. The summed E-state index contributed by atoms with van der Waals surface area (Å²) in [5.74, 6) is -1.82. The van der Waals surface area contributed by atoms with Crippen LogP contribution in [-0.4, -0.2) is 84.3 Å². The summed E-state index contributed by atoms with van der Waals surface area (Å²) >= 11 is 1.79. The van der Waals surface area contributed by atoms with Gasteiger partial charge in [0.1, 0.15) is 12.1 Å². The topological polar surface area (TPSA) is 174 Å². The second kappa shape index (κ2) is 15.5. The first kappa shape index (κ1) is 37.3. The van der Waals surface area contributed by atoms with Gasteiger partial charge in [0.05, 0.1) is 4.90 Å². The molecule has 4 aliphatic rings. The molecule has 4 N–H and O–H groups in total. The van der Waals surface area contributed by atoms with Crippen molar-refractivity contribution >= 4 is 62.2 Å². The summed E-state index contributed by atoms with van der Waals surface area (Å²) in [6, 6.07) is -1.25. The lowest BCUT2D eigenvalue weighted by atomic mass is 9.83. The van der Waals surface area contributed by atoms with Crippen molar-refractivity contribution in [2.45, 2.75) is 102 Å². The van der Waals surface area contributed by atoms with E-state index in [-0.39, 0.29) is 43.3 Å². The number of carbonyl (C=O) groups excluding carboxylic acids is 5. The predicted molar refractivity (Wildman–Crippen MR) is 187 cm³/mol. The zero-order valence-corrected chi connectivity index (χ0v) is 30.8. The third kappa shape index (κ3) is 8.34. The van der Waals surface area contributed by atoms with Gasteiger partial charge in [-0.2, -0.15) is 4.31 Å². The Morgan fingerprint density at radius 2 is 1.80 bits per heavy atom. The fourth-order valence-corrected chi connectivity index (χ4v) is 11.0. The van der Waals surface area contributed by atoms with Crippen molar-refractivity contribution in [1.29, 1.82) is 0 Å². The number of thiophene rings is 1. The Hall–Kier alpha value is -2.95. The first-order valence-electron chi connectivity index (χ1n) is 17.1. The standard InChI is InChI=1S/C33H48N6O7S3/c1-5-15-34-29(41)31(43)48-37-28(40)27-22-13-9-12-21(22)17-39(27)30(42)26(20-10-7-6-8-11-20)36-32(44)35-25(33(2,3)4)19-38-18-23-24(14-16-47-23)49(38,45)46/h5,14,16,20-22,25-27H,1,6-13,15,17-19H2,2-4H3,(H,34,41)(H,37,40)(H2,35,36,44)/t21-,22-,25+,26-,27-/m0/s1. The molecule has 13 nitrogen and oxygen atoms in total. The Bertz CT molecular complexity index is 1550. The molecule has 3 heterocycles. The molecule has 0 unspecified atom stereocenters. The highest BCUT2D eigenvalue weighted by atomic mass is 32.2. The van der Waals surface area contributed by atoms with Crippen LogP contribution < -0.4 is 20.7 Å². The molecule has 1 aromatic heterocycles. The lowest BCUT2D eigenvalue weighted by molar-refractivity contribution is -0.141. The molecule has 1 aromatic rings. The average molecular weight is 737 g/mol. The second-order valence-electron chi connectivity index (χ2n) is 14.6. The first-order chi connectivity index (χ1) is 23.2. The number of rotatable bonds is 9. The van der Waals surface area contributed by atoms with Gasteiger partial charge in [0.2, 0.25) is 15.9 Å². The number of nitrogens with zero attached hydrogens (tertiary/aromatic N) is 2. The fraction of sp³-hybridized carbons (Fsp3) is 0.667. The van der Waals surface area contributed by atoms with E-state index < -0.39 is 56.5 Å². The van der Waals surface area contributed by atoms with Crippen LogP contribution in [0.4, 0.5) is 4.79 Å². The highest BCUT2D eigenvalue weighted by Crippen LogP contribution is 2.43. The van der Waals surface area contributed by atoms with Crippen molar-refractivity contribution in [3.8, 4) is 0 Å². The van der Waals surface area contributed by atoms with Crippen LogP contribution in [0, 0.1) is 23.2 Å². The molecule has 2 aliphatic carbocycles. The van der Waals surface area contributed by atoms with Crippen molar-refractivity contribution in [2.75, 3.05) is 19.6 Å². The summed E-state index contributed by atoms with van der Waals surface area (Å²) in [4.78, 5) is 68.9. The third-order valence-electron chi connectivity index (χ3n) is 10.3. The molecule has 0 aromatic carbocycles. The Balaban J connectivity index is 1.31. The monoisotopic (exact) mass is 736 g/mol. The average Bonchev–Trinajstić information content (AvgIpc) is 3.84. The van der Waals surface area contributed by atoms with E-state index in [0.717, 1.165) is 56.2 Å². The maximum absolute atomic E-state index is 14.5. The number of hydrogen-bond donors (Lipinski definition) is 4. The van der Waals surface area contributed by atoms with Gasteiger partial charge in [-0.25, -0.2) is 13.2 Å². The number of sulfonamides is 1. The lowest BCUT2D eigenvalue weighted by Gasteiger charge is -2.37. The molecule has 1 saturated heterocycles. The maximum atomic E-state index is 14.5. The number of urea groups is 1. The molecule has 2 aliphatic heterocycles. The van der Waals surface area contributed by atoms with Crippen LogP contribution in [0.1, 0.15) is 77.0 Å². The van der Waals surface area contributed by atoms with Crippen molar-refractivity contribution in [3.05, 3.63) is 29.0 Å². The molecule has 5 amide bonds. The maximum Gasteiger partial charge on any atom is 0.315 e. The van der Waals surface area contributed by atoms with E-state index in [0.29, 0.717) is 23.4 Å². The van der Waals surface area contributed by atoms with E-state index in [1.165, 1.54) is 21.7 Å². The number of hydrogen-bond acceptors (Lipinski definition) is 9. The summed E-state index contributed by atoms with van der Waals surface area (Å²) in [6.45, 7) is 10.1. The number of carbonyl (C=O) groups is 5. The summed E-state index contributed by atoms with van der Waals surface area (Å²) in [5.41, 5.74) is -0.513. The zero-order chi connectivity index (χ0) is 35.5. The van der Waals surface area contributed by atoms with E-state index >= 15 is 0 Å². The van der Waals surface area contributed by atoms with Gasteiger partial charge in [-0.1, -0.05) is 52.5 Å². The van der Waals surface area contributed by atoms with Crippen LogP contribution in [0.25, 0.3) is 0 Å². The Morgan fingerprint density at radius 3 is 2.47 bits per heavy atom. The summed E-state index contributed by atoms with van der Waals surface area (Å²) in [5, 5.41) is 9.25. The smallest absolute Gasteiger partial charge is 0.315 e. The molecule has 0 bridgehead atoms. The van der Waals surface area contributed by atoms with Gasteiger partial charge in [-0.05, 0) is 60.3 Å². The van der Waals surface area contributed by atoms with Crippen molar-refractivity contribution in [1.82, 2.24) is 29.9 Å². The molecule has 0 spiro atoms. The van der Waals surface area contributed by atoms with Gasteiger partial charge < -0.3 is 20.9 Å². The molecule has 2 saturated carbocycles. The van der Waals surface area contributed by atoms with Gasteiger partial charge in [-0.3, -0.25) is 23.9 Å². The van der Waals surface area contributed by atoms with Crippen LogP contribution in [0.3, 0.4) is 0 Å². The Morgan fingerprint density at radius 1 is 1.06 bits per heavy atom. The Labute approximate surface area is 296 Å². The quantitative estimate of drug-likeness (QED) is 0.170. The van der Waals surface area contributed by atoms with Crippen LogP contribution in [-0.2, 0) is 35.7 Å². The minimum absolute atomic E-state index is 0.0718. The molecule has 5 rings (SSSR count). The first-order valence-corrected chi connectivity index (χ1v) is 20.2. The number of amides is 5. The van der Waals surface area contributed by atoms with E-state index in [9.17, 15) is 32.4 Å². The van der Waals surface area contributed by atoms with Crippen LogP contribution >= 0.6 is 23.3 Å². The fourth-order valence-electron chi connectivity index (χ4n) is 7.64. The number of fused-ring (bicyclic) bond motifs is 2. The highest BCUT2D eigenvalue weighted by molar-refractivity contribution is 8.14. The molecular weight excluding hydrogens is 689 g/mol. The molecule has 16 heteroatoms.